The van der Waals surface area contributed by atoms with E-state index in [1.165, 1.54) is 0 Å². The van der Waals surface area contributed by atoms with Crippen molar-refractivity contribution in [2.45, 2.75) is 18.5 Å². The van der Waals surface area contributed by atoms with Gasteiger partial charge in [0.05, 0.1) is 6.04 Å². The summed E-state index contributed by atoms with van der Waals surface area (Å²) in [5.41, 5.74) is 1.16. The Morgan fingerprint density at radius 1 is 1.36 bits per heavy atom. The van der Waals surface area contributed by atoms with Crippen molar-refractivity contribution < 1.29 is 4.79 Å². The SMILES string of the molecule is CN[C@H]1CC(=O)N[C@@H]1c1ccccc1. The fraction of sp³-hybridized carbons (Fsp3) is 0.364. The predicted octanol–water partition coefficient (Wildman–Crippen LogP) is 0.836. The Labute approximate surface area is 83.5 Å². The van der Waals surface area contributed by atoms with Crippen LogP contribution in [0, 0.1) is 0 Å². The van der Waals surface area contributed by atoms with Gasteiger partial charge < -0.3 is 10.6 Å². The zero-order chi connectivity index (χ0) is 9.97. The maximum atomic E-state index is 11.2. The van der Waals surface area contributed by atoms with Crippen molar-refractivity contribution in [1.82, 2.24) is 10.6 Å². The van der Waals surface area contributed by atoms with Gasteiger partial charge in [0.1, 0.15) is 0 Å². The Bertz CT molecular complexity index is 323. The first-order valence-electron chi connectivity index (χ1n) is 4.83. The molecule has 14 heavy (non-hydrogen) atoms. The number of nitrogens with one attached hydrogen (secondary N) is 2. The molecular weight excluding hydrogens is 176 g/mol. The van der Waals surface area contributed by atoms with Gasteiger partial charge in [-0.15, -0.1) is 0 Å². The largest absolute Gasteiger partial charge is 0.348 e. The summed E-state index contributed by atoms with van der Waals surface area (Å²) in [6, 6.07) is 10.4. The number of hydrogen-bond acceptors (Lipinski definition) is 2. The third-order valence-corrected chi connectivity index (χ3v) is 2.65. The summed E-state index contributed by atoms with van der Waals surface area (Å²) >= 11 is 0. The molecule has 1 amide bonds. The zero-order valence-corrected chi connectivity index (χ0v) is 8.16. The van der Waals surface area contributed by atoms with Crippen LogP contribution in [0.5, 0.6) is 0 Å². The molecule has 2 N–H and O–H groups in total. The molecule has 0 aliphatic carbocycles. The maximum absolute atomic E-state index is 11.2. The summed E-state index contributed by atoms with van der Waals surface area (Å²) < 4.78 is 0. The molecule has 0 unspecified atom stereocenters. The van der Waals surface area contributed by atoms with Gasteiger partial charge in [0.25, 0.3) is 0 Å². The molecule has 2 atom stereocenters. The quantitative estimate of drug-likeness (QED) is 0.725. The van der Waals surface area contributed by atoms with Gasteiger partial charge in [-0.1, -0.05) is 30.3 Å². The van der Waals surface area contributed by atoms with Crippen LogP contribution in [0.3, 0.4) is 0 Å². The molecule has 1 saturated heterocycles. The van der Waals surface area contributed by atoms with Crippen LogP contribution in [-0.4, -0.2) is 19.0 Å². The van der Waals surface area contributed by atoms with Gasteiger partial charge in [-0.2, -0.15) is 0 Å². The van der Waals surface area contributed by atoms with E-state index < -0.39 is 0 Å². The Kier molecular flexibility index (Phi) is 2.50. The molecule has 1 aliphatic rings. The number of likely N-dealkylation sites (N-methyl/N-ethyl adjacent to an activating group) is 1. The molecule has 3 heteroatoms. The van der Waals surface area contributed by atoms with Crippen molar-refractivity contribution in [3.8, 4) is 0 Å². The Balaban J connectivity index is 2.22. The molecule has 1 aromatic rings. The van der Waals surface area contributed by atoms with Gasteiger partial charge >= 0.3 is 0 Å². The first-order valence-corrected chi connectivity index (χ1v) is 4.83. The fourth-order valence-corrected chi connectivity index (χ4v) is 1.90. The summed E-state index contributed by atoms with van der Waals surface area (Å²) in [5, 5.41) is 6.13. The third-order valence-electron chi connectivity index (χ3n) is 2.65. The molecule has 1 aliphatic heterocycles. The number of rotatable bonds is 2. The molecule has 0 bridgehead atoms. The fourth-order valence-electron chi connectivity index (χ4n) is 1.90. The van der Waals surface area contributed by atoms with E-state index in [-0.39, 0.29) is 18.0 Å². The second-order valence-electron chi connectivity index (χ2n) is 3.56. The molecule has 3 nitrogen and oxygen atoms in total. The molecule has 74 valence electrons. The van der Waals surface area contributed by atoms with Crippen molar-refractivity contribution in [3.63, 3.8) is 0 Å². The third kappa shape index (κ3) is 1.63. The monoisotopic (exact) mass is 190 g/mol. The topological polar surface area (TPSA) is 41.1 Å². The van der Waals surface area contributed by atoms with Crippen LogP contribution in [0.25, 0.3) is 0 Å². The molecule has 0 aromatic heterocycles. The highest BCUT2D eigenvalue weighted by atomic mass is 16.2. The van der Waals surface area contributed by atoms with Gasteiger partial charge in [0.15, 0.2) is 0 Å². The summed E-state index contributed by atoms with van der Waals surface area (Å²) in [5.74, 6) is 0.123. The highest BCUT2D eigenvalue weighted by Crippen LogP contribution is 2.23. The zero-order valence-electron chi connectivity index (χ0n) is 8.16. The highest BCUT2D eigenvalue weighted by molar-refractivity contribution is 5.80. The molecule has 0 spiro atoms. The lowest BCUT2D eigenvalue weighted by Gasteiger charge is -2.18. The van der Waals surface area contributed by atoms with E-state index in [1.807, 2.05) is 37.4 Å². The summed E-state index contributed by atoms with van der Waals surface area (Å²) in [6.07, 6.45) is 0.566. The molecule has 1 aromatic carbocycles. The van der Waals surface area contributed by atoms with E-state index in [0.29, 0.717) is 6.42 Å². The number of carbonyl (C=O) groups is 1. The molecule has 1 heterocycles. The second-order valence-corrected chi connectivity index (χ2v) is 3.56. The van der Waals surface area contributed by atoms with E-state index in [2.05, 4.69) is 10.6 Å². The van der Waals surface area contributed by atoms with E-state index in [9.17, 15) is 4.79 Å². The second kappa shape index (κ2) is 3.80. The number of amides is 1. The minimum atomic E-state index is 0.119. The van der Waals surface area contributed by atoms with Crippen LogP contribution in [0.4, 0.5) is 0 Å². The average molecular weight is 190 g/mol. The van der Waals surface area contributed by atoms with Crippen molar-refractivity contribution in [2.24, 2.45) is 0 Å². The average Bonchev–Trinajstić information content (AvgIpc) is 2.61. The Hall–Kier alpha value is -1.35. The van der Waals surface area contributed by atoms with Gasteiger partial charge in [-0.3, -0.25) is 4.79 Å². The highest BCUT2D eigenvalue weighted by Gasteiger charge is 2.31. The van der Waals surface area contributed by atoms with Crippen LogP contribution in [-0.2, 0) is 4.79 Å². The van der Waals surface area contributed by atoms with Crippen LogP contribution < -0.4 is 10.6 Å². The minimum absolute atomic E-state index is 0.119. The van der Waals surface area contributed by atoms with Crippen LogP contribution in [0.1, 0.15) is 18.0 Å². The first-order chi connectivity index (χ1) is 6.81. The van der Waals surface area contributed by atoms with E-state index in [0.717, 1.165) is 5.56 Å². The van der Waals surface area contributed by atoms with E-state index >= 15 is 0 Å². The molecule has 0 saturated carbocycles. The van der Waals surface area contributed by atoms with E-state index in [4.69, 9.17) is 0 Å². The van der Waals surface area contributed by atoms with Crippen molar-refractivity contribution >= 4 is 5.91 Å². The summed E-state index contributed by atoms with van der Waals surface area (Å²) in [6.45, 7) is 0. The molecule has 1 fully saturated rings. The van der Waals surface area contributed by atoms with Crippen molar-refractivity contribution in [1.29, 1.82) is 0 Å². The minimum Gasteiger partial charge on any atom is -0.348 e. The van der Waals surface area contributed by atoms with Gasteiger partial charge in [0, 0.05) is 12.5 Å². The number of carbonyl (C=O) groups excluding carboxylic acids is 1. The lowest BCUT2D eigenvalue weighted by molar-refractivity contribution is -0.119. The number of benzene rings is 1. The van der Waals surface area contributed by atoms with Gasteiger partial charge in [-0.05, 0) is 12.6 Å². The Morgan fingerprint density at radius 3 is 2.71 bits per heavy atom. The summed E-state index contributed by atoms with van der Waals surface area (Å²) in [4.78, 5) is 11.2. The van der Waals surface area contributed by atoms with E-state index in [1.54, 1.807) is 0 Å². The normalized spacial score (nSPS) is 26.2. The molecule has 2 rings (SSSR count). The maximum Gasteiger partial charge on any atom is 0.222 e. The van der Waals surface area contributed by atoms with Crippen LogP contribution in [0.2, 0.25) is 0 Å². The predicted molar refractivity (Wildman–Crippen MR) is 54.8 cm³/mol. The van der Waals surface area contributed by atoms with Gasteiger partial charge in [0.2, 0.25) is 5.91 Å². The van der Waals surface area contributed by atoms with Crippen LogP contribution >= 0.6 is 0 Å². The lowest BCUT2D eigenvalue weighted by atomic mass is 10.0. The number of hydrogen-bond donors (Lipinski definition) is 2. The van der Waals surface area contributed by atoms with Gasteiger partial charge in [-0.25, -0.2) is 0 Å². The molecular formula is C11H14N2O. The van der Waals surface area contributed by atoms with Crippen molar-refractivity contribution in [2.75, 3.05) is 7.05 Å². The smallest absolute Gasteiger partial charge is 0.222 e. The first kappa shape index (κ1) is 9.21. The Morgan fingerprint density at radius 2 is 2.07 bits per heavy atom. The summed E-state index contributed by atoms with van der Waals surface area (Å²) in [7, 11) is 1.89. The molecule has 0 radical (unpaired) electrons. The van der Waals surface area contributed by atoms with Crippen molar-refractivity contribution in [3.05, 3.63) is 35.9 Å². The van der Waals surface area contributed by atoms with Crippen LogP contribution in [0.15, 0.2) is 30.3 Å². The standard InChI is InChI=1S/C11H14N2O/c1-12-9-7-10(14)13-11(9)8-5-3-2-4-6-8/h2-6,9,11-12H,7H2,1H3,(H,13,14)/t9-,11+/m0/s1. The lowest BCUT2D eigenvalue weighted by Crippen LogP contribution is -2.31.